The van der Waals surface area contributed by atoms with E-state index in [0.29, 0.717) is 37.7 Å². The van der Waals surface area contributed by atoms with Crippen LogP contribution in [-0.2, 0) is 16.4 Å². The average Bonchev–Trinajstić information content (AvgIpc) is 2.63. The zero-order valence-electron chi connectivity index (χ0n) is 16.3. The number of sulfonamides is 1. The van der Waals surface area contributed by atoms with Crippen LogP contribution >= 0.6 is 0 Å². The lowest BCUT2D eigenvalue weighted by Gasteiger charge is -2.13. The van der Waals surface area contributed by atoms with Gasteiger partial charge >= 0.3 is 0 Å². The molecule has 0 aliphatic heterocycles. The van der Waals surface area contributed by atoms with Crippen molar-refractivity contribution in [2.24, 2.45) is 0 Å². The van der Waals surface area contributed by atoms with Gasteiger partial charge in [-0.3, -0.25) is 9.52 Å². The van der Waals surface area contributed by atoms with Crippen LogP contribution in [-0.4, -0.2) is 40.3 Å². The number of amides is 1. The molecule has 0 fully saturated rings. The maximum absolute atomic E-state index is 12.5. The highest BCUT2D eigenvalue weighted by Crippen LogP contribution is 2.28. The predicted octanol–water partition coefficient (Wildman–Crippen LogP) is 2.83. The number of anilines is 1. The fourth-order valence-electron chi connectivity index (χ4n) is 2.64. The summed E-state index contributed by atoms with van der Waals surface area (Å²) in [6, 6.07) is 12.2. The highest BCUT2D eigenvalue weighted by Gasteiger charge is 2.13. The SMILES string of the molecule is CCOc1ccc(CCNC(=O)c2ccccc2NS(C)(=O)=O)cc1OCC. The van der Waals surface area contributed by atoms with Crippen LogP contribution in [0, 0.1) is 0 Å². The predicted molar refractivity (Wildman–Crippen MR) is 110 cm³/mol. The smallest absolute Gasteiger partial charge is 0.253 e. The largest absolute Gasteiger partial charge is 0.490 e. The van der Waals surface area contributed by atoms with Crippen molar-refractivity contribution >= 4 is 21.6 Å². The van der Waals surface area contributed by atoms with Crippen LogP contribution in [0.25, 0.3) is 0 Å². The van der Waals surface area contributed by atoms with E-state index in [-0.39, 0.29) is 17.2 Å². The van der Waals surface area contributed by atoms with Gasteiger partial charge in [0.05, 0.1) is 30.7 Å². The third kappa shape index (κ3) is 6.45. The first-order chi connectivity index (χ1) is 13.3. The zero-order chi connectivity index (χ0) is 20.6. The zero-order valence-corrected chi connectivity index (χ0v) is 17.1. The summed E-state index contributed by atoms with van der Waals surface area (Å²) in [7, 11) is -3.47. The molecule has 0 spiro atoms. The quantitative estimate of drug-likeness (QED) is 0.633. The van der Waals surface area contributed by atoms with Crippen molar-refractivity contribution in [3.05, 3.63) is 53.6 Å². The Morgan fingerprint density at radius 3 is 2.36 bits per heavy atom. The fraction of sp³-hybridized carbons (Fsp3) is 0.350. The molecule has 0 radical (unpaired) electrons. The van der Waals surface area contributed by atoms with E-state index < -0.39 is 10.0 Å². The van der Waals surface area contributed by atoms with E-state index >= 15 is 0 Å². The van der Waals surface area contributed by atoms with Crippen molar-refractivity contribution in [3.63, 3.8) is 0 Å². The first kappa shape index (κ1) is 21.6. The summed E-state index contributed by atoms with van der Waals surface area (Å²) in [5.41, 5.74) is 1.52. The fourth-order valence-corrected chi connectivity index (χ4v) is 3.21. The van der Waals surface area contributed by atoms with Gasteiger partial charge in [0.25, 0.3) is 5.91 Å². The second kappa shape index (κ2) is 9.98. The van der Waals surface area contributed by atoms with Gasteiger partial charge in [0.2, 0.25) is 10.0 Å². The van der Waals surface area contributed by atoms with E-state index in [1.165, 1.54) is 0 Å². The number of hydrogen-bond donors (Lipinski definition) is 2. The normalized spacial score (nSPS) is 11.0. The minimum atomic E-state index is -3.47. The second-order valence-corrected chi connectivity index (χ2v) is 7.82. The molecular weight excluding hydrogens is 380 g/mol. The topological polar surface area (TPSA) is 93.7 Å². The standard InChI is InChI=1S/C20H26N2O5S/c1-4-26-18-11-10-15(14-19(18)27-5-2)12-13-21-20(23)16-8-6-7-9-17(16)22-28(3,24)25/h6-11,14,22H,4-5,12-13H2,1-3H3,(H,21,23). The Morgan fingerprint density at radius 2 is 1.68 bits per heavy atom. The van der Waals surface area contributed by atoms with Crippen molar-refractivity contribution in [1.82, 2.24) is 5.32 Å². The minimum absolute atomic E-state index is 0.252. The number of para-hydroxylation sites is 1. The molecule has 2 aromatic carbocycles. The van der Waals surface area contributed by atoms with Crippen molar-refractivity contribution in [2.45, 2.75) is 20.3 Å². The number of carbonyl (C=O) groups excluding carboxylic acids is 1. The van der Waals surface area contributed by atoms with Crippen LogP contribution in [0.3, 0.4) is 0 Å². The molecule has 0 aromatic heterocycles. The van der Waals surface area contributed by atoms with Gasteiger partial charge in [0.15, 0.2) is 11.5 Å². The number of benzene rings is 2. The first-order valence-corrected chi connectivity index (χ1v) is 11.0. The third-order valence-electron chi connectivity index (χ3n) is 3.77. The molecule has 0 aliphatic rings. The molecular formula is C20H26N2O5S. The van der Waals surface area contributed by atoms with E-state index in [9.17, 15) is 13.2 Å². The summed E-state index contributed by atoms with van der Waals surface area (Å²) >= 11 is 0. The maximum Gasteiger partial charge on any atom is 0.253 e. The molecule has 0 saturated carbocycles. The van der Waals surface area contributed by atoms with Gasteiger partial charge in [-0.15, -0.1) is 0 Å². The monoisotopic (exact) mass is 406 g/mol. The van der Waals surface area contributed by atoms with Gasteiger partial charge in [0, 0.05) is 6.54 Å². The third-order valence-corrected chi connectivity index (χ3v) is 4.36. The van der Waals surface area contributed by atoms with Crippen LogP contribution in [0.5, 0.6) is 11.5 Å². The molecule has 2 aromatic rings. The highest BCUT2D eigenvalue weighted by molar-refractivity contribution is 7.92. The summed E-state index contributed by atoms with van der Waals surface area (Å²) in [5, 5.41) is 2.82. The van der Waals surface area contributed by atoms with Crippen LogP contribution in [0.2, 0.25) is 0 Å². The Morgan fingerprint density at radius 1 is 1.00 bits per heavy atom. The Hall–Kier alpha value is -2.74. The van der Waals surface area contributed by atoms with Crippen LogP contribution < -0.4 is 19.5 Å². The molecule has 0 aliphatic carbocycles. The van der Waals surface area contributed by atoms with E-state index in [0.717, 1.165) is 11.8 Å². The van der Waals surface area contributed by atoms with Crippen LogP contribution in [0.1, 0.15) is 29.8 Å². The van der Waals surface area contributed by atoms with Crippen LogP contribution in [0.4, 0.5) is 5.69 Å². The van der Waals surface area contributed by atoms with Gasteiger partial charge in [-0.2, -0.15) is 0 Å². The Balaban J connectivity index is 2.02. The Labute approximate surface area is 166 Å². The highest BCUT2D eigenvalue weighted by atomic mass is 32.2. The van der Waals surface area contributed by atoms with Gasteiger partial charge < -0.3 is 14.8 Å². The Kier molecular flexibility index (Phi) is 7.69. The molecule has 2 rings (SSSR count). The van der Waals surface area contributed by atoms with Crippen molar-refractivity contribution in [2.75, 3.05) is 30.7 Å². The molecule has 28 heavy (non-hydrogen) atoms. The lowest BCUT2D eigenvalue weighted by Crippen LogP contribution is -2.27. The minimum Gasteiger partial charge on any atom is -0.490 e. The van der Waals surface area contributed by atoms with E-state index in [1.54, 1.807) is 24.3 Å². The lowest BCUT2D eigenvalue weighted by atomic mass is 10.1. The number of hydrogen-bond acceptors (Lipinski definition) is 5. The molecule has 0 unspecified atom stereocenters. The van der Waals surface area contributed by atoms with Crippen molar-refractivity contribution in [3.8, 4) is 11.5 Å². The van der Waals surface area contributed by atoms with Gasteiger partial charge in [-0.1, -0.05) is 18.2 Å². The lowest BCUT2D eigenvalue weighted by molar-refractivity contribution is 0.0955. The summed E-state index contributed by atoms with van der Waals surface area (Å²) in [6.07, 6.45) is 1.64. The van der Waals surface area contributed by atoms with Gasteiger partial charge in [0.1, 0.15) is 0 Å². The molecule has 0 bridgehead atoms. The number of rotatable bonds is 10. The summed E-state index contributed by atoms with van der Waals surface area (Å²) in [4.78, 5) is 12.5. The summed E-state index contributed by atoms with van der Waals surface area (Å²) in [5.74, 6) is 1.02. The number of carbonyl (C=O) groups is 1. The molecule has 0 heterocycles. The van der Waals surface area contributed by atoms with Crippen molar-refractivity contribution < 1.29 is 22.7 Å². The van der Waals surface area contributed by atoms with E-state index in [4.69, 9.17) is 9.47 Å². The molecule has 8 heteroatoms. The van der Waals surface area contributed by atoms with E-state index in [1.807, 2.05) is 32.0 Å². The van der Waals surface area contributed by atoms with Gasteiger partial charge in [-0.25, -0.2) is 8.42 Å². The molecule has 0 saturated heterocycles. The first-order valence-electron chi connectivity index (χ1n) is 9.07. The van der Waals surface area contributed by atoms with E-state index in [2.05, 4.69) is 10.0 Å². The van der Waals surface area contributed by atoms with Crippen molar-refractivity contribution in [1.29, 1.82) is 0 Å². The maximum atomic E-state index is 12.5. The molecule has 0 atom stereocenters. The average molecular weight is 407 g/mol. The molecule has 7 nitrogen and oxygen atoms in total. The molecule has 152 valence electrons. The summed E-state index contributed by atoms with van der Waals surface area (Å²) in [6.45, 7) is 5.30. The van der Waals surface area contributed by atoms with Crippen LogP contribution in [0.15, 0.2) is 42.5 Å². The van der Waals surface area contributed by atoms with Gasteiger partial charge in [-0.05, 0) is 50.1 Å². The Bertz CT molecular complexity index is 913. The number of ether oxygens (including phenoxy) is 2. The molecule has 1 amide bonds. The second-order valence-electron chi connectivity index (χ2n) is 6.07. The summed E-state index contributed by atoms with van der Waals surface area (Å²) < 4.78 is 36.5. The molecule has 2 N–H and O–H groups in total. The number of nitrogens with one attached hydrogen (secondary N) is 2.